The second kappa shape index (κ2) is 9.67. The van der Waals surface area contributed by atoms with Crippen molar-refractivity contribution in [3.8, 4) is 5.75 Å². The van der Waals surface area contributed by atoms with Crippen LogP contribution in [-0.2, 0) is 9.47 Å². The molecule has 0 atom stereocenters. The number of halogens is 1. The lowest BCUT2D eigenvalue weighted by Gasteiger charge is -2.52. The maximum Gasteiger partial charge on any atom is 0.410 e. The van der Waals surface area contributed by atoms with Crippen molar-refractivity contribution in [1.82, 2.24) is 4.90 Å². The van der Waals surface area contributed by atoms with E-state index in [1.165, 1.54) is 32.1 Å². The zero-order chi connectivity index (χ0) is 21.7. The van der Waals surface area contributed by atoms with Crippen molar-refractivity contribution in [2.24, 2.45) is 11.3 Å². The van der Waals surface area contributed by atoms with Gasteiger partial charge < -0.3 is 19.1 Å². The molecule has 0 aromatic heterocycles. The topological polar surface area (TPSA) is 65.1 Å². The monoisotopic (exact) mass is 421 g/mol. The lowest BCUT2D eigenvalue weighted by atomic mass is 9.56. The van der Waals surface area contributed by atoms with E-state index in [1.807, 2.05) is 18.7 Å². The molecular formula is C23H32FNO5. The largest absolute Gasteiger partial charge is 0.491 e. The Kier molecular flexibility index (Phi) is 7.21. The van der Waals surface area contributed by atoms with Crippen LogP contribution in [0, 0.1) is 17.2 Å². The molecule has 3 rings (SSSR count). The van der Waals surface area contributed by atoms with Gasteiger partial charge >= 0.3 is 12.1 Å². The Bertz CT molecular complexity index is 750. The van der Waals surface area contributed by atoms with Crippen molar-refractivity contribution in [3.05, 3.63) is 29.6 Å². The molecule has 0 bridgehead atoms. The molecule has 1 amide bonds. The van der Waals surface area contributed by atoms with Crippen LogP contribution in [0.5, 0.6) is 5.75 Å². The van der Waals surface area contributed by atoms with E-state index in [0.717, 1.165) is 44.8 Å². The SMILES string of the molecule is COC(=O)c1ccc(OCCCC2CC3(CCN(C(=O)OC(C)C)CC3)C2)c(F)c1. The van der Waals surface area contributed by atoms with Gasteiger partial charge in [0.2, 0.25) is 0 Å². The highest BCUT2D eigenvalue weighted by Gasteiger charge is 2.46. The highest BCUT2D eigenvalue weighted by molar-refractivity contribution is 5.89. The average Bonchev–Trinajstić information content (AvgIpc) is 2.69. The lowest BCUT2D eigenvalue weighted by molar-refractivity contribution is -0.0204. The third kappa shape index (κ3) is 5.43. The first-order valence-corrected chi connectivity index (χ1v) is 10.8. The van der Waals surface area contributed by atoms with Gasteiger partial charge in [-0.1, -0.05) is 0 Å². The van der Waals surface area contributed by atoms with Gasteiger partial charge in [0.1, 0.15) is 0 Å². The van der Waals surface area contributed by atoms with Crippen LogP contribution in [0.1, 0.15) is 62.7 Å². The number of esters is 1. The molecule has 0 N–H and O–H groups in total. The van der Waals surface area contributed by atoms with Gasteiger partial charge in [-0.15, -0.1) is 0 Å². The minimum Gasteiger partial charge on any atom is -0.491 e. The van der Waals surface area contributed by atoms with Gasteiger partial charge in [-0.3, -0.25) is 0 Å². The fourth-order valence-electron chi connectivity index (χ4n) is 4.63. The Morgan fingerprint density at radius 1 is 1.23 bits per heavy atom. The highest BCUT2D eigenvalue weighted by Crippen LogP contribution is 2.54. The zero-order valence-corrected chi connectivity index (χ0v) is 18.1. The number of piperidine rings is 1. The summed E-state index contributed by atoms with van der Waals surface area (Å²) in [5, 5.41) is 0. The van der Waals surface area contributed by atoms with Crippen LogP contribution in [0.4, 0.5) is 9.18 Å². The number of carbonyl (C=O) groups is 2. The van der Waals surface area contributed by atoms with E-state index in [2.05, 4.69) is 4.74 Å². The minimum atomic E-state index is -0.568. The standard InChI is InChI=1S/C23H32FNO5/c1-16(2)30-22(27)25-10-8-23(9-11-25)14-17(15-23)5-4-12-29-20-7-6-18(13-19(20)24)21(26)28-3/h6-7,13,16-17H,4-5,8-12,14-15H2,1-3H3. The molecule has 1 saturated carbocycles. The van der Waals surface area contributed by atoms with E-state index in [9.17, 15) is 14.0 Å². The predicted octanol–water partition coefficient (Wildman–Crippen LogP) is 4.81. The maximum atomic E-state index is 14.0. The highest BCUT2D eigenvalue weighted by atomic mass is 19.1. The molecule has 0 radical (unpaired) electrons. The van der Waals surface area contributed by atoms with Crippen LogP contribution >= 0.6 is 0 Å². The molecule has 1 heterocycles. The van der Waals surface area contributed by atoms with E-state index in [1.54, 1.807) is 0 Å². The van der Waals surface area contributed by atoms with Crippen molar-refractivity contribution >= 4 is 12.1 Å². The number of rotatable bonds is 7. The number of likely N-dealkylation sites (tertiary alicyclic amines) is 1. The summed E-state index contributed by atoms with van der Waals surface area (Å²) in [7, 11) is 1.26. The number of benzene rings is 1. The van der Waals surface area contributed by atoms with Crippen LogP contribution in [0.25, 0.3) is 0 Å². The van der Waals surface area contributed by atoms with Crippen molar-refractivity contribution in [1.29, 1.82) is 0 Å². The summed E-state index contributed by atoms with van der Waals surface area (Å²) < 4.78 is 29.5. The molecule has 2 fully saturated rings. The molecule has 1 aromatic rings. The van der Waals surface area contributed by atoms with Crippen LogP contribution in [0.2, 0.25) is 0 Å². The van der Waals surface area contributed by atoms with Gasteiger partial charge in [-0.25, -0.2) is 14.0 Å². The summed E-state index contributed by atoms with van der Waals surface area (Å²) in [5.41, 5.74) is 0.557. The molecule has 30 heavy (non-hydrogen) atoms. The fraction of sp³-hybridized carbons (Fsp3) is 0.652. The van der Waals surface area contributed by atoms with Crippen LogP contribution < -0.4 is 4.74 Å². The van der Waals surface area contributed by atoms with Crippen LogP contribution in [-0.4, -0.2) is 49.9 Å². The van der Waals surface area contributed by atoms with Crippen LogP contribution in [0.3, 0.4) is 0 Å². The second-order valence-electron chi connectivity index (χ2n) is 8.82. The molecule has 7 heteroatoms. The number of hydrogen-bond donors (Lipinski definition) is 0. The summed E-state index contributed by atoms with van der Waals surface area (Å²) >= 11 is 0. The van der Waals surface area contributed by atoms with Crippen LogP contribution in [0.15, 0.2) is 18.2 Å². The Balaban J connectivity index is 1.33. The summed E-state index contributed by atoms with van der Waals surface area (Å²) in [5.74, 6) is -0.284. The first kappa shape index (κ1) is 22.4. The van der Waals surface area contributed by atoms with Gasteiger partial charge in [0.05, 0.1) is 25.4 Å². The molecule has 166 valence electrons. The number of amides is 1. The smallest absolute Gasteiger partial charge is 0.410 e. The number of ether oxygens (including phenoxy) is 3. The van der Waals surface area contributed by atoms with Crippen molar-refractivity contribution in [3.63, 3.8) is 0 Å². The van der Waals surface area contributed by atoms with E-state index in [0.29, 0.717) is 17.9 Å². The Labute approximate surface area is 177 Å². The molecule has 1 spiro atoms. The average molecular weight is 422 g/mol. The first-order chi connectivity index (χ1) is 14.3. The van der Waals surface area contributed by atoms with Crippen molar-refractivity contribution in [2.45, 2.75) is 58.5 Å². The molecule has 1 aliphatic carbocycles. The van der Waals surface area contributed by atoms with Gasteiger partial charge in [-0.2, -0.15) is 0 Å². The molecule has 2 aliphatic rings. The Morgan fingerprint density at radius 2 is 1.93 bits per heavy atom. The number of nitrogens with zero attached hydrogens (tertiary/aromatic N) is 1. The molecule has 1 aromatic carbocycles. The summed E-state index contributed by atoms with van der Waals surface area (Å²) in [6.45, 7) is 5.75. The Hall–Kier alpha value is -2.31. The molecule has 1 saturated heterocycles. The maximum absolute atomic E-state index is 14.0. The van der Waals surface area contributed by atoms with E-state index in [4.69, 9.17) is 9.47 Å². The summed E-state index contributed by atoms with van der Waals surface area (Å²) in [6, 6.07) is 4.11. The van der Waals surface area contributed by atoms with Crippen molar-refractivity contribution in [2.75, 3.05) is 26.8 Å². The second-order valence-corrected chi connectivity index (χ2v) is 8.82. The number of carbonyl (C=O) groups excluding carboxylic acids is 2. The first-order valence-electron chi connectivity index (χ1n) is 10.8. The van der Waals surface area contributed by atoms with E-state index < -0.39 is 11.8 Å². The normalized spacial score (nSPS) is 18.2. The molecular weight excluding hydrogens is 389 g/mol. The zero-order valence-electron chi connectivity index (χ0n) is 18.1. The van der Waals surface area contributed by atoms with E-state index >= 15 is 0 Å². The molecule has 6 nitrogen and oxygen atoms in total. The minimum absolute atomic E-state index is 0.0806. The number of hydrogen-bond acceptors (Lipinski definition) is 5. The quantitative estimate of drug-likeness (QED) is 0.467. The Morgan fingerprint density at radius 3 is 2.53 bits per heavy atom. The predicted molar refractivity (Wildman–Crippen MR) is 110 cm³/mol. The van der Waals surface area contributed by atoms with Gasteiger partial charge in [0.15, 0.2) is 11.6 Å². The van der Waals surface area contributed by atoms with E-state index in [-0.39, 0.29) is 23.5 Å². The summed E-state index contributed by atoms with van der Waals surface area (Å²) in [4.78, 5) is 25.3. The number of methoxy groups -OCH3 is 1. The summed E-state index contributed by atoms with van der Waals surface area (Å²) in [6.07, 6.45) is 6.14. The molecule has 0 unspecified atom stereocenters. The lowest BCUT2D eigenvalue weighted by Crippen LogP contribution is -2.49. The van der Waals surface area contributed by atoms with Crippen molar-refractivity contribution < 1.29 is 28.2 Å². The van der Waals surface area contributed by atoms with Gasteiger partial charge in [-0.05, 0) is 81.9 Å². The van der Waals surface area contributed by atoms with Gasteiger partial charge in [0.25, 0.3) is 0 Å². The third-order valence-electron chi connectivity index (χ3n) is 6.23. The fourth-order valence-corrected chi connectivity index (χ4v) is 4.63. The molecule has 1 aliphatic heterocycles. The van der Waals surface area contributed by atoms with Gasteiger partial charge in [0, 0.05) is 13.1 Å². The third-order valence-corrected chi connectivity index (χ3v) is 6.23.